The summed E-state index contributed by atoms with van der Waals surface area (Å²) in [6.07, 6.45) is -0.144. The minimum absolute atomic E-state index is 0.0343. The molecule has 2 aliphatic rings. The third-order valence-electron chi connectivity index (χ3n) is 5.41. The molecule has 0 fully saturated rings. The molecule has 4 rings (SSSR count). The van der Waals surface area contributed by atoms with E-state index in [1.54, 1.807) is 36.4 Å². The maximum atomic E-state index is 13.5. The molecule has 7 heteroatoms. The van der Waals surface area contributed by atoms with Crippen molar-refractivity contribution in [2.24, 2.45) is 5.41 Å². The van der Waals surface area contributed by atoms with Gasteiger partial charge in [0.25, 0.3) is 0 Å². The van der Waals surface area contributed by atoms with Gasteiger partial charge in [0.1, 0.15) is 0 Å². The molecule has 6 nitrogen and oxygen atoms in total. The van der Waals surface area contributed by atoms with Crippen LogP contribution in [0.2, 0.25) is 0 Å². The van der Waals surface area contributed by atoms with E-state index in [4.69, 9.17) is 9.47 Å². The number of carbonyl (C=O) groups is 4. The summed E-state index contributed by atoms with van der Waals surface area (Å²) in [7, 11) is 2.26. The van der Waals surface area contributed by atoms with Crippen LogP contribution in [0.25, 0.3) is 5.57 Å². The molecule has 29 heavy (non-hydrogen) atoms. The van der Waals surface area contributed by atoms with Crippen molar-refractivity contribution in [1.29, 1.82) is 0 Å². The van der Waals surface area contributed by atoms with Gasteiger partial charge in [-0.05, 0) is 23.3 Å². The van der Waals surface area contributed by atoms with Crippen molar-refractivity contribution in [1.82, 2.24) is 0 Å². The van der Waals surface area contributed by atoms with Crippen LogP contribution in [0.5, 0.6) is 0 Å². The number of esters is 2. The molecule has 0 N–H and O–H groups in total. The van der Waals surface area contributed by atoms with Gasteiger partial charge in [0.2, 0.25) is 0 Å². The molecule has 0 radical (unpaired) electrons. The maximum absolute atomic E-state index is 13.5. The predicted octanol–water partition coefficient (Wildman–Crippen LogP) is 3.17. The average Bonchev–Trinajstić information content (AvgIpc) is 2.75. The molecule has 0 unspecified atom stereocenters. The van der Waals surface area contributed by atoms with Gasteiger partial charge >= 0.3 is 11.9 Å². The first-order chi connectivity index (χ1) is 13.9. The third-order valence-corrected chi connectivity index (χ3v) is 5.91. The van der Waals surface area contributed by atoms with E-state index < -0.39 is 28.9 Å². The van der Waals surface area contributed by atoms with Crippen LogP contribution in [-0.2, 0) is 25.5 Å². The second-order valence-corrected chi connectivity index (χ2v) is 7.74. The summed E-state index contributed by atoms with van der Waals surface area (Å²) in [5, 5.41) is 0. The quantitative estimate of drug-likeness (QED) is 0.511. The molecule has 0 saturated heterocycles. The number of methoxy groups -OCH3 is 2. The Morgan fingerprint density at radius 2 is 1.48 bits per heavy atom. The third kappa shape index (κ3) is 2.54. The Labute approximate surface area is 174 Å². The van der Waals surface area contributed by atoms with E-state index in [1.807, 2.05) is 0 Å². The van der Waals surface area contributed by atoms with Gasteiger partial charge in [-0.3, -0.25) is 19.2 Å². The van der Waals surface area contributed by atoms with E-state index in [2.05, 4.69) is 15.9 Å². The van der Waals surface area contributed by atoms with Crippen LogP contribution in [0, 0.1) is 5.41 Å². The number of rotatable bonds is 2. The largest absolute Gasteiger partial charge is 0.468 e. The highest BCUT2D eigenvalue weighted by Crippen LogP contribution is 2.49. The van der Waals surface area contributed by atoms with E-state index in [0.717, 1.165) is 14.2 Å². The first-order valence-electron chi connectivity index (χ1n) is 8.75. The number of hydrogen-bond acceptors (Lipinski definition) is 6. The van der Waals surface area contributed by atoms with Crippen LogP contribution in [-0.4, -0.2) is 37.7 Å². The Balaban J connectivity index is 2.16. The molecule has 0 amide bonds. The monoisotopic (exact) mass is 454 g/mol. The number of fused-ring (bicyclic) bond motifs is 3. The molecule has 0 spiro atoms. The van der Waals surface area contributed by atoms with Gasteiger partial charge in [-0.15, -0.1) is 0 Å². The molecule has 0 bridgehead atoms. The number of carbonyl (C=O) groups excluding carboxylic acids is 4. The highest BCUT2D eigenvalue weighted by molar-refractivity contribution is 9.10. The lowest BCUT2D eigenvalue weighted by Crippen LogP contribution is -2.50. The Morgan fingerprint density at radius 3 is 2.07 bits per heavy atom. The summed E-state index contributed by atoms with van der Waals surface area (Å²) >= 11 is 3.39. The van der Waals surface area contributed by atoms with Crippen molar-refractivity contribution in [3.8, 4) is 0 Å². The van der Waals surface area contributed by atoms with Crippen molar-refractivity contribution < 1.29 is 28.7 Å². The summed E-state index contributed by atoms with van der Waals surface area (Å²) < 4.78 is 10.6. The zero-order valence-corrected chi connectivity index (χ0v) is 17.2. The second kappa shape index (κ2) is 6.77. The standard InChI is InChI=1S/C22H15BrO6/c1-28-20(26)22(21(27)29-2)10-11-7-8-12(23)9-15(11)16-17(22)19(25)14-6-4-3-5-13(14)18(16)24/h3-9H,10H2,1-2H3. The molecule has 0 aromatic heterocycles. The lowest BCUT2D eigenvalue weighted by Gasteiger charge is -2.38. The van der Waals surface area contributed by atoms with Gasteiger partial charge in [0, 0.05) is 33.2 Å². The topological polar surface area (TPSA) is 86.7 Å². The highest BCUT2D eigenvalue weighted by atomic mass is 79.9. The highest BCUT2D eigenvalue weighted by Gasteiger charge is 2.59. The van der Waals surface area contributed by atoms with Crippen molar-refractivity contribution in [2.45, 2.75) is 6.42 Å². The van der Waals surface area contributed by atoms with E-state index in [9.17, 15) is 19.2 Å². The van der Waals surface area contributed by atoms with E-state index in [-0.39, 0.29) is 28.7 Å². The molecular formula is C22H15BrO6. The fraction of sp³-hybridized carbons (Fsp3) is 0.182. The van der Waals surface area contributed by atoms with Gasteiger partial charge in [-0.1, -0.05) is 46.3 Å². The van der Waals surface area contributed by atoms with Gasteiger partial charge in [0.05, 0.1) is 14.2 Å². The van der Waals surface area contributed by atoms with Gasteiger partial charge < -0.3 is 9.47 Å². The van der Waals surface area contributed by atoms with E-state index in [1.165, 1.54) is 6.07 Å². The molecule has 0 atom stereocenters. The summed E-state index contributed by atoms with van der Waals surface area (Å²) in [6, 6.07) is 11.5. The van der Waals surface area contributed by atoms with Crippen LogP contribution < -0.4 is 0 Å². The number of ketones is 2. The Hall–Kier alpha value is -3.06. The molecule has 2 aromatic carbocycles. The number of hydrogen-bond donors (Lipinski definition) is 0. The normalized spacial score (nSPS) is 16.5. The maximum Gasteiger partial charge on any atom is 0.328 e. The molecule has 2 aromatic rings. The average molecular weight is 455 g/mol. The molecule has 0 aliphatic heterocycles. The molecule has 146 valence electrons. The Morgan fingerprint density at radius 1 is 0.897 bits per heavy atom. The number of allylic oxidation sites excluding steroid dienone is 1. The fourth-order valence-corrected chi connectivity index (χ4v) is 4.49. The summed E-state index contributed by atoms with van der Waals surface area (Å²) in [5.41, 5.74) is -0.758. The Bertz CT molecular complexity index is 1130. The van der Waals surface area contributed by atoms with Gasteiger partial charge in [0.15, 0.2) is 17.0 Å². The zero-order valence-electron chi connectivity index (χ0n) is 15.6. The van der Waals surface area contributed by atoms with Crippen molar-refractivity contribution in [2.75, 3.05) is 14.2 Å². The Kier molecular flexibility index (Phi) is 4.50. The first-order valence-corrected chi connectivity index (χ1v) is 9.55. The number of benzene rings is 2. The number of ether oxygens (including phenoxy) is 2. The van der Waals surface area contributed by atoms with Gasteiger partial charge in [-0.2, -0.15) is 0 Å². The molecule has 2 aliphatic carbocycles. The van der Waals surface area contributed by atoms with Crippen molar-refractivity contribution in [3.63, 3.8) is 0 Å². The van der Waals surface area contributed by atoms with Crippen molar-refractivity contribution >= 4 is 45.0 Å². The minimum Gasteiger partial charge on any atom is -0.468 e. The molecular weight excluding hydrogens is 440 g/mol. The minimum atomic E-state index is -2.06. The lowest BCUT2D eigenvalue weighted by atomic mass is 9.62. The molecule has 0 saturated carbocycles. The van der Waals surface area contributed by atoms with Gasteiger partial charge in [-0.25, -0.2) is 0 Å². The van der Waals surface area contributed by atoms with Crippen molar-refractivity contribution in [3.05, 3.63) is 74.8 Å². The fourth-order valence-electron chi connectivity index (χ4n) is 4.13. The van der Waals surface area contributed by atoms with Crippen LogP contribution in [0.1, 0.15) is 31.8 Å². The predicted molar refractivity (Wildman–Crippen MR) is 106 cm³/mol. The van der Waals surface area contributed by atoms with Crippen LogP contribution in [0.3, 0.4) is 0 Å². The SMILES string of the molecule is COC(=O)C1(C(=O)OC)Cc2ccc(Br)cc2C2=C1C(=O)c1ccccc1C2=O. The smallest absolute Gasteiger partial charge is 0.328 e. The summed E-state index contributed by atoms with van der Waals surface area (Å²) in [4.78, 5) is 52.9. The number of halogens is 1. The van der Waals surface area contributed by atoms with E-state index >= 15 is 0 Å². The van der Waals surface area contributed by atoms with Crippen LogP contribution in [0.15, 0.2) is 52.5 Å². The van der Waals surface area contributed by atoms with Crippen LogP contribution in [0.4, 0.5) is 0 Å². The summed E-state index contributed by atoms with van der Waals surface area (Å²) in [6.45, 7) is 0. The summed E-state index contributed by atoms with van der Waals surface area (Å²) in [5.74, 6) is -2.86. The number of Topliss-reactive ketones (excluding diaryl/α,β-unsaturated/α-hetero) is 2. The lowest BCUT2D eigenvalue weighted by molar-refractivity contribution is -0.165. The van der Waals surface area contributed by atoms with Crippen LogP contribution >= 0.6 is 15.9 Å². The van der Waals surface area contributed by atoms with E-state index in [0.29, 0.717) is 15.6 Å². The first kappa shape index (κ1) is 19.3. The zero-order chi connectivity index (χ0) is 20.9. The molecule has 0 heterocycles. The second-order valence-electron chi connectivity index (χ2n) is 6.82.